The molecule has 0 atom stereocenters. The van der Waals surface area contributed by atoms with Gasteiger partial charge in [0.1, 0.15) is 0 Å². The van der Waals surface area contributed by atoms with Crippen LogP contribution in [0, 0.1) is 10.1 Å². The largest absolute Gasteiger partial charge is 0.385 e. The van der Waals surface area contributed by atoms with Crippen molar-refractivity contribution in [1.29, 1.82) is 0 Å². The molecule has 1 N–H and O–H groups in total. The highest BCUT2D eigenvalue weighted by molar-refractivity contribution is 7.99. The number of nitro benzene ring substituents is 1. The minimum Gasteiger partial charge on any atom is -0.385 e. The minimum atomic E-state index is -0.375. The van der Waals surface area contributed by atoms with Gasteiger partial charge in [-0.05, 0) is 12.5 Å². The maximum absolute atomic E-state index is 11.0. The molecule has 0 aliphatic heterocycles. The van der Waals surface area contributed by atoms with Crippen LogP contribution in [-0.2, 0) is 7.05 Å². The van der Waals surface area contributed by atoms with Gasteiger partial charge in [-0.15, -0.1) is 0 Å². The number of imidazole rings is 1. The topological polar surface area (TPSA) is 73.0 Å². The Kier molecular flexibility index (Phi) is 4.62. The van der Waals surface area contributed by atoms with Crippen molar-refractivity contribution in [2.24, 2.45) is 7.05 Å². The van der Waals surface area contributed by atoms with Gasteiger partial charge in [0, 0.05) is 48.7 Å². The first kappa shape index (κ1) is 14.4. The number of benzene rings is 1. The molecule has 7 heteroatoms. The Labute approximate surface area is 121 Å². The Balaban J connectivity index is 2.29. The average Bonchev–Trinajstić information content (AvgIpc) is 2.81. The molecule has 6 nitrogen and oxygen atoms in total. The van der Waals surface area contributed by atoms with E-state index in [1.807, 2.05) is 30.8 Å². The molecule has 0 unspecified atom stereocenters. The lowest BCUT2D eigenvalue weighted by Gasteiger charge is -2.07. The van der Waals surface area contributed by atoms with Crippen LogP contribution < -0.4 is 5.32 Å². The molecule has 1 aromatic carbocycles. The number of rotatable bonds is 6. The summed E-state index contributed by atoms with van der Waals surface area (Å²) in [5.74, 6) is 0. The van der Waals surface area contributed by atoms with Gasteiger partial charge in [0.2, 0.25) is 0 Å². The van der Waals surface area contributed by atoms with Crippen molar-refractivity contribution in [2.45, 2.75) is 23.4 Å². The Morgan fingerprint density at radius 2 is 2.25 bits per heavy atom. The van der Waals surface area contributed by atoms with Gasteiger partial charge in [-0.2, -0.15) is 0 Å². The number of nitrogens with one attached hydrogen (secondary N) is 1. The van der Waals surface area contributed by atoms with Gasteiger partial charge in [-0.25, -0.2) is 4.98 Å². The van der Waals surface area contributed by atoms with Gasteiger partial charge < -0.3 is 9.88 Å². The number of aryl methyl sites for hydroxylation is 1. The SMILES string of the molecule is CCCNc1cc(Sc2nccn2C)cc([N+](=O)[O-])c1. The predicted molar refractivity (Wildman–Crippen MR) is 79.2 cm³/mol. The Hall–Kier alpha value is -2.02. The minimum absolute atomic E-state index is 0.0859. The molecule has 1 heterocycles. The zero-order chi connectivity index (χ0) is 14.5. The number of hydrogen-bond acceptors (Lipinski definition) is 5. The van der Waals surface area contributed by atoms with E-state index in [0.29, 0.717) is 0 Å². The van der Waals surface area contributed by atoms with E-state index in [4.69, 9.17) is 0 Å². The van der Waals surface area contributed by atoms with E-state index in [1.54, 1.807) is 18.3 Å². The molecule has 0 spiro atoms. The molecule has 0 aliphatic carbocycles. The van der Waals surface area contributed by atoms with E-state index in [-0.39, 0.29) is 10.6 Å². The predicted octanol–water partition coefficient (Wildman–Crippen LogP) is 3.30. The number of nitrogens with zero attached hydrogens (tertiary/aromatic N) is 3. The number of nitro groups is 1. The normalized spacial score (nSPS) is 10.5. The second-order valence-electron chi connectivity index (χ2n) is 4.32. The van der Waals surface area contributed by atoms with Gasteiger partial charge in [-0.1, -0.05) is 18.7 Å². The molecular formula is C13H16N4O2S. The fraction of sp³-hybridized carbons (Fsp3) is 0.308. The fourth-order valence-electron chi connectivity index (χ4n) is 1.67. The number of aromatic nitrogens is 2. The highest BCUT2D eigenvalue weighted by Gasteiger charge is 2.12. The molecule has 20 heavy (non-hydrogen) atoms. The third kappa shape index (κ3) is 3.51. The standard InChI is InChI=1S/C13H16N4O2S/c1-3-4-14-10-7-11(17(18)19)9-12(8-10)20-13-15-5-6-16(13)2/h5-9,14H,3-4H2,1-2H3. The molecule has 0 bridgehead atoms. The molecule has 1 aromatic heterocycles. The van der Waals surface area contributed by atoms with E-state index >= 15 is 0 Å². The maximum atomic E-state index is 11.0. The van der Waals surface area contributed by atoms with Crippen molar-refractivity contribution in [3.63, 3.8) is 0 Å². The van der Waals surface area contributed by atoms with Gasteiger partial charge in [0.15, 0.2) is 5.16 Å². The Morgan fingerprint density at radius 3 is 2.85 bits per heavy atom. The van der Waals surface area contributed by atoms with Crippen molar-refractivity contribution in [3.05, 3.63) is 40.7 Å². The molecule has 0 saturated carbocycles. The second kappa shape index (κ2) is 6.42. The van der Waals surface area contributed by atoms with E-state index < -0.39 is 0 Å². The summed E-state index contributed by atoms with van der Waals surface area (Å²) in [4.78, 5) is 15.6. The summed E-state index contributed by atoms with van der Waals surface area (Å²) in [6.45, 7) is 2.83. The van der Waals surface area contributed by atoms with Crippen LogP contribution in [0.3, 0.4) is 0 Å². The van der Waals surface area contributed by atoms with Gasteiger partial charge in [0.25, 0.3) is 5.69 Å². The lowest BCUT2D eigenvalue weighted by molar-refractivity contribution is -0.385. The molecule has 0 radical (unpaired) electrons. The van der Waals surface area contributed by atoms with Crippen LogP contribution in [0.1, 0.15) is 13.3 Å². The number of anilines is 1. The molecule has 2 aromatic rings. The smallest absolute Gasteiger partial charge is 0.272 e. The average molecular weight is 292 g/mol. The van der Waals surface area contributed by atoms with Crippen molar-refractivity contribution >= 4 is 23.1 Å². The van der Waals surface area contributed by atoms with E-state index in [0.717, 1.165) is 28.7 Å². The number of hydrogen-bond donors (Lipinski definition) is 1. The van der Waals surface area contributed by atoms with Gasteiger partial charge in [0.05, 0.1) is 4.92 Å². The zero-order valence-electron chi connectivity index (χ0n) is 11.4. The third-order valence-electron chi connectivity index (χ3n) is 2.67. The van der Waals surface area contributed by atoms with E-state index in [1.165, 1.54) is 11.8 Å². The van der Waals surface area contributed by atoms with Gasteiger partial charge >= 0.3 is 0 Å². The van der Waals surface area contributed by atoms with Crippen LogP contribution in [-0.4, -0.2) is 21.0 Å². The summed E-state index contributed by atoms with van der Waals surface area (Å²) in [5, 5.41) is 15.0. The molecule has 0 saturated heterocycles. The van der Waals surface area contributed by atoms with E-state index in [9.17, 15) is 10.1 Å². The van der Waals surface area contributed by atoms with Crippen LogP contribution in [0.25, 0.3) is 0 Å². The van der Waals surface area contributed by atoms with Crippen LogP contribution in [0.4, 0.5) is 11.4 Å². The second-order valence-corrected chi connectivity index (χ2v) is 5.36. The summed E-state index contributed by atoms with van der Waals surface area (Å²) in [7, 11) is 1.89. The quantitative estimate of drug-likeness (QED) is 0.653. The monoisotopic (exact) mass is 292 g/mol. The molecule has 0 aliphatic rings. The summed E-state index contributed by atoms with van der Waals surface area (Å²) < 4.78 is 1.88. The summed E-state index contributed by atoms with van der Waals surface area (Å²) in [6.07, 6.45) is 4.51. The maximum Gasteiger partial charge on any atom is 0.272 e. The van der Waals surface area contributed by atoms with Crippen LogP contribution >= 0.6 is 11.8 Å². The van der Waals surface area contributed by atoms with Crippen molar-refractivity contribution in [1.82, 2.24) is 9.55 Å². The van der Waals surface area contributed by atoms with Crippen LogP contribution in [0.15, 0.2) is 40.6 Å². The summed E-state index contributed by atoms with van der Waals surface area (Å²) >= 11 is 1.41. The van der Waals surface area contributed by atoms with Crippen LogP contribution in [0.5, 0.6) is 0 Å². The first-order chi connectivity index (χ1) is 9.60. The summed E-state index contributed by atoms with van der Waals surface area (Å²) in [6, 6.07) is 5.02. The van der Waals surface area contributed by atoms with Crippen molar-refractivity contribution in [3.8, 4) is 0 Å². The third-order valence-corrected chi connectivity index (χ3v) is 3.71. The zero-order valence-corrected chi connectivity index (χ0v) is 12.2. The molecule has 0 fully saturated rings. The molecule has 0 amide bonds. The first-order valence-corrected chi connectivity index (χ1v) is 7.10. The van der Waals surface area contributed by atoms with Crippen molar-refractivity contribution in [2.75, 3.05) is 11.9 Å². The molecule has 2 rings (SSSR count). The lowest BCUT2D eigenvalue weighted by atomic mass is 10.2. The molecule has 106 valence electrons. The Morgan fingerprint density at radius 1 is 1.45 bits per heavy atom. The molecular weight excluding hydrogens is 276 g/mol. The number of non-ortho nitro benzene ring substituents is 1. The highest BCUT2D eigenvalue weighted by atomic mass is 32.2. The van der Waals surface area contributed by atoms with Gasteiger partial charge in [-0.3, -0.25) is 10.1 Å². The van der Waals surface area contributed by atoms with Crippen LogP contribution in [0.2, 0.25) is 0 Å². The lowest BCUT2D eigenvalue weighted by Crippen LogP contribution is -2.01. The van der Waals surface area contributed by atoms with Crippen molar-refractivity contribution < 1.29 is 4.92 Å². The first-order valence-electron chi connectivity index (χ1n) is 6.28. The summed E-state index contributed by atoms with van der Waals surface area (Å²) in [5.41, 5.74) is 0.848. The fourth-order valence-corrected chi connectivity index (χ4v) is 2.57. The highest BCUT2D eigenvalue weighted by Crippen LogP contribution is 2.31. The Bertz CT molecular complexity index is 612. The van der Waals surface area contributed by atoms with E-state index in [2.05, 4.69) is 10.3 Å².